The standard InChI is InChI=1S/C14H15N.C9H9NO3/c1-3-7-13(8-4-1)11-15-12-14-9-5-2-6-10-14;1-6(11)13-8-5-3-2-4-7(8)9(10)12/h1-10,15H,11-12H2;2-5H,1H3,(H2,10,12). The minimum Gasteiger partial charge on any atom is -0.426 e. The lowest BCUT2D eigenvalue weighted by molar-refractivity contribution is -0.131. The molecular weight excluding hydrogens is 352 g/mol. The molecule has 0 unspecified atom stereocenters. The molecule has 0 bridgehead atoms. The van der Waals surface area contributed by atoms with Crippen LogP contribution in [-0.4, -0.2) is 11.9 Å². The molecule has 0 saturated carbocycles. The molecule has 1 amide bonds. The fourth-order valence-corrected chi connectivity index (χ4v) is 2.46. The van der Waals surface area contributed by atoms with Crippen LogP contribution in [0.4, 0.5) is 0 Å². The minimum atomic E-state index is -0.614. The lowest BCUT2D eigenvalue weighted by Crippen LogP contribution is -2.14. The molecule has 0 aromatic heterocycles. The highest BCUT2D eigenvalue weighted by atomic mass is 16.5. The van der Waals surface area contributed by atoms with Gasteiger partial charge in [0.25, 0.3) is 5.91 Å². The summed E-state index contributed by atoms with van der Waals surface area (Å²) in [7, 11) is 0. The van der Waals surface area contributed by atoms with Crippen molar-refractivity contribution < 1.29 is 14.3 Å². The summed E-state index contributed by atoms with van der Waals surface area (Å²) in [6.07, 6.45) is 0. The lowest BCUT2D eigenvalue weighted by Gasteiger charge is -2.04. The number of esters is 1. The van der Waals surface area contributed by atoms with Crippen LogP contribution in [-0.2, 0) is 17.9 Å². The van der Waals surface area contributed by atoms with Gasteiger partial charge in [0.2, 0.25) is 0 Å². The van der Waals surface area contributed by atoms with Gasteiger partial charge < -0.3 is 15.8 Å². The summed E-state index contributed by atoms with van der Waals surface area (Å²) < 4.78 is 4.77. The van der Waals surface area contributed by atoms with E-state index < -0.39 is 11.9 Å². The Balaban J connectivity index is 0.000000203. The van der Waals surface area contributed by atoms with Crippen molar-refractivity contribution in [3.63, 3.8) is 0 Å². The largest absolute Gasteiger partial charge is 0.426 e. The maximum atomic E-state index is 10.8. The molecule has 28 heavy (non-hydrogen) atoms. The first-order chi connectivity index (χ1) is 13.6. The van der Waals surface area contributed by atoms with Gasteiger partial charge in [-0.25, -0.2) is 0 Å². The van der Waals surface area contributed by atoms with Gasteiger partial charge >= 0.3 is 5.97 Å². The van der Waals surface area contributed by atoms with Crippen molar-refractivity contribution in [2.45, 2.75) is 20.0 Å². The molecule has 144 valence electrons. The molecule has 5 heteroatoms. The molecule has 0 saturated heterocycles. The summed E-state index contributed by atoms with van der Waals surface area (Å²) in [5.41, 5.74) is 7.92. The molecule has 0 fully saturated rings. The van der Waals surface area contributed by atoms with Crippen LogP contribution in [0.1, 0.15) is 28.4 Å². The molecule has 3 aromatic carbocycles. The van der Waals surface area contributed by atoms with E-state index in [1.165, 1.54) is 30.2 Å². The maximum absolute atomic E-state index is 10.8. The van der Waals surface area contributed by atoms with E-state index >= 15 is 0 Å². The number of hydrogen-bond donors (Lipinski definition) is 2. The highest BCUT2D eigenvalue weighted by molar-refractivity contribution is 5.96. The van der Waals surface area contributed by atoms with Gasteiger partial charge in [-0.2, -0.15) is 0 Å². The predicted molar refractivity (Wildman–Crippen MR) is 110 cm³/mol. The number of primary amides is 1. The Morgan fingerprint density at radius 1 is 0.786 bits per heavy atom. The maximum Gasteiger partial charge on any atom is 0.308 e. The summed E-state index contributed by atoms with van der Waals surface area (Å²) >= 11 is 0. The van der Waals surface area contributed by atoms with Crippen molar-refractivity contribution in [1.29, 1.82) is 0 Å². The fraction of sp³-hybridized carbons (Fsp3) is 0.130. The van der Waals surface area contributed by atoms with E-state index in [0.29, 0.717) is 0 Å². The van der Waals surface area contributed by atoms with Crippen molar-refractivity contribution in [3.8, 4) is 5.75 Å². The smallest absolute Gasteiger partial charge is 0.308 e. The second kappa shape index (κ2) is 11.3. The number of rotatable bonds is 6. The Hall–Kier alpha value is -3.44. The third-order valence-corrected chi connectivity index (χ3v) is 3.75. The van der Waals surface area contributed by atoms with Gasteiger partial charge in [-0.3, -0.25) is 9.59 Å². The average molecular weight is 376 g/mol. The fourth-order valence-electron chi connectivity index (χ4n) is 2.46. The minimum absolute atomic E-state index is 0.197. The molecular formula is C23H24N2O3. The SMILES string of the molecule is CC(=O)Oc1ccccc1C(N)=O.c1ccc(CNCc2ccccc2)cc1. The Kier molecular flexibility index (Phi) is 8.43. The zero-order valence-electron chi connectivity index (χ0n) is 15.8. The van der Waals surface area contributed by atoms with Gasteiger partial charge in [0.1, 0.15) is 5.75 Å². The topological polar surface area (TPSA) is 81.4 Å². The van der Waals surface area contributed by atoms with Crippen molar-refractivity contribution in [3.05, 3.63) is 102 Å². The van der Waals surface area contributed by atoms with E-state index in [1.54, 1.807) is 12.1 Å². The number of amides is 1. The molecule has 0 heterocycles. The van der Waals surface area contributed by atoms with Gasteiger partial charge in [-0.15, -0.1) is 0 Å². The number of ether oxygens (including phenoxy) is 1. The van der Waals surface area contributed by atoms with Gasteiger partial charge in [-0.05, 0) is 23.3 Å². The number of nitrogens with two attached hydrogens (primary N) is 1. The van der Waals surface area contributed by atoms with Crippen molar-refractivity contribution in [2.24, 2.45) is 5.73 Å². The predicted octanol–water partition coefficient (Wildman–Crippen LogP) is 3.69. The normalized spacial score (nSPS) is 9.75. The highest BCUT2D eigenvalue weighted by Crippen LogP contribution is 2.16. The summed E-state index contributed by atoms with van der Waals surface area (Å²) in [5, 5.41) is 3.42. The average Bonchev–Trinajstić information content (AvgIpc) is 2.70. The van der Waals surface area contributed by atoms with E-state index in [9.17, 15) is 9.59 Å². The zero-order valence-corrected chi connectivity index (χ0v) is 15.8. The Morgan fingerprint density at radius 2 is 1.25 bits per heavy atom. The van der Waals surface area contributed by atoms with Crippen LogP contribution in [0.5, 0.6) is 5.75 Å². The zero-order chi connectivity index (χ0) is 20.2. The first-order valence-electron chi connectivity index (χ1n) is 8.92. The number of benzene rings is 3. The quantitative estimate of drug-likeness (QED) is 0.508. The Bertz CT molecular complexity index is 841. The molecule has 0 atom stereocenters. The van der Waals surface area contributed by atoms with E-state index in [-0.39, 0.29) is 11.3 Å². The summed E-state index contributed by atoms with van der Waals surface area (Å²) in [6.45, 7) is 3.11. The van der Waals surface area contributed by atoms with Crippen LogP contribution >= 0.6 is 0 Å². The number of hydrogen-bond acceptors (Lipinski definition) is 4. The first kappa shape index (κ1) is 20.9. The summed E-state index contributed by atoms with van der Waals surface area (Å²) in [5.74, 6) is -0.895. The second-order valence-electron chi connectivity index (χ2n) is 6.03. The third-order valence-electron chi connectivity index (χ3n) is 3.75. The van der Waals surface area contributed by atoms with Crippen LogP contribution in [0.25, 0.3) is 0 Å². The lowest BCUT2D eigenvalue weighted by atomic mass is 10.2. The highest BCUT2D eigenvalue weighted by Gasteiger charge is 2.09. The molecule has 0 aliphatic carbocycles. The molecule has 0 aliphatic heterocycles. The van der Waals surface area contributed by atoms with Gasteiger partial charge in [0.15, 0.2) is 0 Å². The monoisotopic (exact) mass is 376 g/mol. The molecule has 5 nitrogen and oxygen atoms in total. The van der Waals surface area contributed by atoms with E-state index in [0.717, 1.165) is 13.1 Å². The van der Waals surface area contributed by atoms with Crippen LogP contribution in [0.15, 0.2) is 84.9 Å². The Morgan fingerprint density at radius 3 is 1.71 bits per heavy atom. The third kappa shape index (κ3) is 7.43. The van der Waals surface area contributed by atoms with Crippen LogP contribution in [0.3, 0.4) is 0 Å². The second-order valence-corrected chi connectivity index (χ2v) is 6.03. The first-order valence-corrected chi connectivity index (χ1v) is 8.92. The van der Waals surface area contributed by atoms with Gasteiger partial charge in [-0.1, -0.05) is 72.8 Å². The molecule has 0 aliphatic rings. The van der Waals surface area contributed by atoms with E-state index in [1.807, 2.05) is 12.1 Å². The molecule has 3 N–H and O–H groups in total. The van der Waals surface area contributed by atoms with Gasteiger partial charge in [0.05, 0.1) is 5.56 Å². The van der Waals surface area contributed by atoms with Crippen molar-refractivity contribution in [2.75, 3.05) is 0 Å². The molecule has 0 spiro atoms. The number of para-hydroxylation sites is 1. The molecule has 3 rings (SSSR count). The van der Waals surface area contributed by atoms with Gasteiger partial charge in [0, 0.05) is 20.0 Å². The number of carbonyl (C=O) groups is 2. The van der Waals surface area contributed by atoms with Crippen molar-refractivity contribution in [1.82, 2.24) is 5.32 Å². The van der Waals surface area contributed by atoms with E-state index in [4.69, 9.17) is 10.5 Å². The summed E-state index contributed by atoms with van der Waals surface area (Å²) in [4.78, 5) is 21.4. The Labute approximate surface area is 165 Å². The number of carbonyl (C=O) groups excluding carboxylic acids is 2. The molecule has 3 aromatic rings. The van der Waals surface area contributed by atoms with Crippen LogP contribution in [0.2, 0.25) is 0 Å². The van der Waals surface area contributed by atoms with Crippen LogP contribution < -0.4 is 15.8 Å². The molecule has 0 radical (unpaired) electrons. The number of nitrogens with one attached hydrogen (secondary N) is 1. The van der Waals surface area contributed by atoms with Crippen molar-refractivity contribution >= 4 is 11.9 Å². The summed E-state index contributed by atoms with van der Waals surface area (Å²) in [6, 6.07) is 27.2. The van der Waals surface area contributed by atoms with E-state index in [2.05, 4.69) is 53.8 Å². The van der Waals surface area contributed by atoms with Crippen LogP contribution in [0, 0.1) is 0 Å².